The molecule has 0 aliphatic heterocycles. The van der Waals surface area contributed by atoms with E-state index in [1.54, 1.807) is 0 Å². The molecule has 1 aromatic heterocycles. The molecule has 0 aliphatic carbocycles. The summed E-state index contributed by atoms with van der Waals surface area (Å²) in [5.41, 5.74) is 7.73. The van der Waals surface area contributed by atoms with Crippen LogP contribution in [0.5, 0.6) is 0 Å². The number of nitrogen functional groups attached to an aromatic ring is 1. The van der Waals surface area contributed by atoms with Crippen LogP contribution in [0.3, 0.4) is 0 Å². The summed E-state index contributed by atoms with van der Waals surface area (Å²) in [6, 6.07) is 7.98. The van der Waals surface area contributed by atoms with Crippen LogP contribution in [0, 0.1) is 0 Å². The molecule has 0 radical (unpaired) electrons. The van der Waals surface area contributed by atoms with Crippen molar-refractivity contribution in [2.24, 2.45) is 0 Å². The molecule has 2 aromatic rings. The Hall–Kier alpha value is -1.97. The van der Waals surface area contributed by atoms with Crippen molar-refractivity contribution in [3.05, 3.63) is 42.2 Å². The van der Waals surface area contributed by atoms with Crippen LogP contribution in [0.15, 0.2) is 36.7 Å². The van der Waals surface area contributed by atoms with Crippen molar-refractivity contribution in [3.8, 4) is 0 Å². The van der Waals surface area contributed by atoms with Gasteiger partial charge in [0.1, 0.15) is 0 Å². The standard InChI is InChI=1S/C13H18N4/c1-2-17-10-9-16-13(17)15-8-7-11-3-5-12(14)6-4-11/h3-6,9-10H,2,7-8,14H2,1H3,(H,15,16). The lowest BCUT2D eigenvalue weighted by molar-refractivity contribution is 0.762. The molecule has 2 rings (SSSR count). The summed E-state index contributed by atoms with van der Waals surface area (Å²) in [6.45, 7) is 3.91. The highest BCUT2D eigenvalue weighted by Gasteiger charge is 1.99. The van der Waals surface area contributed by atoms with E-state index in [0.29, 0.717) is 0 Å². The average Bonchev–Trinajstić information content (AvgIpc) is 2.79. The number of nitrogens with two attached hydrogens (primary N) is 1. The molecule has 3 N–H and O–H groups in total. The summed E-state index contributed by atoms with van der Waals surface area (Å²) >= 11 is 0. The number of nitrogens with zero attached hydrogens (tertiary/aromatic N) is 2. The third-order valence-electron chi connectivity index (χ3n) is 2.73. The number of anilines is 2. The third-order valence-corrected chi connectivity index (χ3v) is 2.73. The maximum atomic E-state index is 5.64. The van der Waals surface area contributed by atoms with Crippen LogP contribution in [-0.4, -0.2) is 16.1 Å². The second kappa shape index (κ2) is 5.39. The van der Waals surface area contributed by atoms with Crippen molar-refractivity contribution in [3.63, 3.8) is 0 Å². The first-order chi connectivity index (χ1) is 8.29. The van der Waals surface area contributed by atoms with Gasteiger partial charge in [0, 0.05) is 31.2 Å². The molecular formula is C13H18N4. The Kier molecular flexibility index (Phi) is 3.65. The number of benzene rings is 1. The van der Waals surface area contributed by atoms with Crippen LogP contribution < -0.4 is 11.1 Å². The zero-order chi connectivity index (χ0) is 12.1. The number of rotatable bonds is 5. The van der Waals surface area contributed by atoms with Crippen molar-refractivity contribution < 1.29 is 0 Å². The number of nitrogens with one attached hydrogen (secondary N) is 1. The lowest BCUT2D eigenvalue weighted by atomic mass is 10.1. The molecule has 0 saturated heterocycles. The molecule has 0 unspecified atom stereocenters. The summed E-state index contributed by atoms with van der Waals surface area (Å²) in [5.74, 6) is 0.933. The highest BCUT2D eigenvalue weighted by atomic mass is 15.2. The monoisotopic (exact) mass is 230 g/mol. The number of imidazole rings is 1. The van der Waals surface area contributed by atoms with E-state index in [0.717, 1.165) is 31.1 Å². The number of aryl methyl sites for hydroxylation is 1. The lowest BCUT2D eigenvalue weighted by Crippen LogP contribution is -2.10. The summed E-state index contributed by atoms with van der Waals surface area (Å²) < 4.78 is 2.09. The molecule has 17 heavy (non-hydrogen) atoms. The molecule has 0 bridgehead atoms. The first kappa shape index (κ1) is 11.5. The van der Waals surface area contributed by atoms with E-state index in [1.807, 2.05) is 24.5 Å². The number of hydrogen-bond donors (Lipinski definition) is 2. The molecule has 0 aliphatic rings. The summed E-state index contributed by atoms with van der Waals surface area (Å²) in [4.78, 5) is 4.26. The molecule has 0 saturated carbocycles. The van der Waals surface area contributed by atoms with Gasteiger partial charge in [-0.2, -0.15) is 0 Å². The van der Waals surface area contributed by atoms with E-state index in [2.05, 4.69) is 33.9 Å². The molecule has 0 spiro atoms. The molecule has 90 valence electrons. The van der Waals surface area contributed by atoms with E-state index in [4.69, 9.17) is 5.73 Å². The van der Waals surface area contributed by atoms with Crippen LogP contribution >= 0.6 is 0 Å². The minimum atomic E-state index is 0.809. The van der Waals surface area contributed by atoms with Crippen LogP contribution in [0.1, 0.15) is 12.5 Å². The maximum Gasteiger partial charge on any atom is 0.202 e. The predicted octanol–water partition coefficient (Wildman–Crippen LogP) is 2.14. The van der Waals surface area contributed by atoms with Gasteiger partial charge in [-0.25, -0.2) is 4.98 Å². The van der Waals surface area contributed by atoms with E-state index in [9.17, 15) is 0 Å². The Bertz CT molecular complexity index is 459. The van der Waals surface area contributed by atoms with E-state index in [-0.39, 0.29) is 0 Å². The van der Waals surface area contributed by atoms with Crippen molar-refractivity contribution in [2.75, 3.05) is 17.6 Å². The highest BCUT2D eigenvalue weighted by molar-refractivity contribution is 5.39. The topological polar surface area (TPSA) is 55.9 Å². The second-order valence-electron chi connectivity index (χ2n) is 3.96. The zero-order valence-corrected chi connectivity index (χ0v) is 10.1. The number of hydrogen-bond acceptors (Lipinski definition) is 3. The van der Waals surface area contributed by atoms with Gasteiger partial charge in [0.15, 0.2) is 0 Å². The van der Waals surface area contributed by atoms with Gasteiger partial charge < -0.3 is 15.6 Å². The summed E-state index contributed by atoms with van der Waals surface area (Å²) in [6.07, 6.45) is 4.76. The Morgan fingerprint density at radius 1 is 1.29 bits per heavy atom. The van der Waals surface area contributed by atoms with Crippen molar-refractivity contribution in [1.82, 2.24) is 9.55 Å². The van der Waals surface area contributed by atoms with Gasteiger partial charge in [-0.15, -0.1) is 0 Å². The Morgan fingerprint density at radius 3 is 2.76 bits per heavy atom. The Morgan fingerprint density at radius 2 is 2.06 bits per heavy atom. The molecule has 0 atom stereocenters. The highest BCUT2D eigenvalue weighted by Crippen LogP contribution is 2.07. The third kappa shape index (κ3) is 3.00. The van der Waals surface area contributed by atoms with Crippen molar-refractivity contribution in [2.45, 2.75) is 19.9 Å². The van der Waals surface area contributed by atoms with Gasteiger partial charge in [0.2, 0.25) is 5.95 Å². The first-order valence-electron chi connectivity index (χ1n) is 5.89. The van der Waals surface area contributed by atoms with Gasteiger partial charge in [0.25, 0.3) is 0 Å². The Labute approximate surface area is 101 Å². The van der Waals surface area contributed by atoms with E-state index in [1.165, 1.54) is 5.56 Å². The van der Waals surface area contributed by atoms with Gasteiger partial charge in [0.05, 0.1) is 0 Å². The smallest absolute Gasteiger partial charge is 0.202 e. The molecule has 0 amide bonds. The van der Waals surface area contributed by atoms with Crippen molar-refractivity contribution >= 4 is 11.6 Å². The van der Waals surface area contributed by atoms with E-state index < -0.39 is 0 Å². The van der Waals surface area contributed by atoms with Crippen LogP contribution in [0.4, 0.5) is 11.6 Å². The largest absolute Gasteiger partial charge is 0.399 e. The van der Waals surface area contributed by atoms with Crippen LogP contribution in [0.2, 0.25) is 0 Å². The molecule has 4 heteroatoms. The SMILES string of the molecule is CCn1ccnc1NCCc1ccc(N)cc1. The summed E-state index contributed by atoms with van der Waals surface area (Å²) in [7, 11) is 0. The second-order valence-corrected chi connectivity index (χ2v) is 3.96. The fraction of sp³-hybridized carbons (Fsp3) is 0.308. The minimum absolute atomic E-state index is 0.809. The maximum absolute atomic E-state index is 5.64. The fourth-order valence-electron chi connectivity index (χ4n) is 1.73. The average molecular weight is 230 g/mol. The van der Waals surface area contributed by atoms with Crippen molar-refractivity contribution in [1.29, 1.82) is 0 Å². The molecule has 0 fully saturated rings. The predicted molar refractivity (Wildman–Crippen MR) is 70.9 cm³/mol. The minimum Gasteiger partial charge on any atom is -0.399 e. The molecule has 4 nitrogen and oxygen atoms in total. The van der Waals surface area contributed by atoms with Gasteiger partial charge in [-0.1, -0.05) is 12.1 Å². The first-order valence-corrected chi connectivity index (χ1v) is 5.89. The van der Waals surface area contributed by atoms with Gasteiger partial charge >= 0.3 is 0 Å². The number of aromatic nitrogens is 2. The zero-order valence-electron chi connectivity index (χ0n) is 10.1. The van der Waals surface area contributed by atoms with Gasteiger partial charge in [-0.3, -0.25) is 0 Å². The quantitative estimate of drug-likeness (QED) is 0.774. The normalized spacial score (nSPS) is 10.4. The fourth-order valence-corrected chi connectivity index (χ4v) is 1.73. The van der Waals surface area contributed by atoms with Crippen LogP contribution in [-0.2, 0) is 13.0 Å². The Balaban J connectivity index is 1.85. The summed E-state index contributed by atoms with van der Waals surface area (Å²) in [5, 5.41) is 3.33. The molecule has 1 heterocycles. The lowest BCUT2D eigenvalue weighted by Gasteiger charge is -2.07. The molecule has 1 aromatic carbocycles. The molecular weight excluding hydrogens is 212 g/mol. The van der Waals surface area contributed by atoms with Gasteiger partial charge in [-0.05, 0) is 31.0 Å². The van der Waals surface area contributed by atoms with E-state index >= 15 is 0 Å². The van der Waals surface area contributed by atoms with Crippen LogP contribution in [0.25, 0.3) is 0 Å².